The van der Waals surface area contributed by atoms with Crippen LogP contribution in [0.15, 0.2) is 43.5 Å². The molecule has 0 atom stereocenters. The highest BCUT2D eigenvalue weighted by molar-refractivity contribution is 6.29. The summed E-state index contributed by atoms with van der Waals surface area (Å²) in [7, 11) is 3.03. The summed E-state index contributed by atoms with van der Waals surface area (Å²) in [5.74, 6) is 1.18. The van der Waals surface area contributed by atoms with Crippen LogP contribution in [-0.2, 0) is 27.2 Å². The van der Waals surface area contributed by atoms with Crippen LogP contribution in [0.2, 0.25) is 0 Å². The van der Waals surface area contributed by atoms with Crippen LogP contribution >= 0.6 is 11.6 Å². The van der Waals surface area contributed by atoms with E-state index in [0.29, 0.717) is 35.2 Å². The molecule has 0 amide bonds. The summed E-state index contributed by atoms with van der Waals surface area (Å²) in [6.45, 7) is 2.50. The maximum Gasteiger partial charge on any atom is 0.332 e. The predicted octanol–water partition coefficient (Wildman–Crippen LogP) is 1.78. The molecule has 0 radical (unpaired) electrons. The largest absolute Gasteiger partial charge is 0.467 e. The Morgan fingerprint density at radius 2 is 2.12 bits per heavy atom. The van der Waals surface area contributed by atoms with Crippen molar-refractivity contribution < 1.29 is 4.42 Å². The molecule has 0 fully saturated rings. The van der Waals surface area contributed by atoms with Gasteiger partial charge in [-0.15, -0.1) is 0 Å². The minimum absolute atomic E-state index is 0.315. The number of aromatic nitrogens is 4. The number of furan rings is 1. The second-order valence-corrected chi connectivity index (χ2v) is 6.24. The zero-order valence-corrected chi connectivity index (χ0v) is 14.9. The number of anilines is 1. The molecule has 25 heavy (non-hydrogen) atoms. The van der Waals surface area contributed by atoms with E-state index in [4.69, 9.17) is 16.0 Å². The second kappa shape index (κ2) is 6.64. The van der Waals surface area contributed by atoms with Gasteiger partial charge in [0, 0.05) is 25.7 Å². The van der Waals surface area contributed by atoms with Crippen molar-refractivity contribution in [2.75, 3.05) is 5.32 Å². The lowest BCUT2D eigenvalue weighted by Gasteiger charge is -2.08. The standard InChI is InChI=1S/C16H18ClN5O3/c1-10(17)6-7-22-12-13(20(2)16(24)21(3)14(12)23)19-15(22)18-9-11-5-4-8-25-11/h4-6,8H,7,9H2,1-3H3,(H,18,19). The van der Waals surface area contributed by atoms with Crippen molar-refractivity contribution in [3.63, 3.8) is 0 Å². The fourth-order valence-corrected chi connectivity index (χ4v) is 2.62. The first-order chi connectivity index (χ1) is 11.9. The number of allylic oxidation sites excluding steroid dienone is 2. The van der Waals surface area contributed by atoms with Crippen LogP contribution in [0.3, 0.4) is 0 Å². The molecule has 3 heterocycles. The first kappa shape index (κ1) is 17.1. The van der Waals surface area contributed by atoms with Crippen molar-refractivity contribution in [3.8, 4) is 0 Å². The van der Waals surface area contributed by atoms with Crippen LogP contribution in [0.5, 0.6) is 0 Å². The summed E-state index contributed by atoms with van der Waals surface area (Å²) < 4.78 is 9.41. The summed E-state index contributed by atoms with van der Waals surface area (Å²) in [6, 6.07) is 3.62. The van der Waals surface area contributed by atoms with E-state index < -0.39 is 11.2 Å². The number of nitrogens with one attached hydrogen (secondary N) is 1. The van der Waals surface area contributed by atoms with Crippen LogP contribution in [0.4, 0.5) is 5.95 Å². The van der Waals surface area contributed by atoms with Gasteiger partial charge in [0.25, 0.3) is 5.56 Å². The molecule has 8 nitrogen and oxygen atoms in total. The fraction of sp³-hybridized carbons (Fsp3) is 0.312. The average molecular weight is 364 g/mol. The van der Waals surface area contributed by atoms with E-state index in [1.54, 1.807) is 36.9 Å². The number of rotatable bonds is 5. The third-order valence-electron chi connectivity index (χ3n) is 3.90. The molecule has 3 rings (SSSR count). The number of imidazole rings is 1. The molecule has 0 unspecified atom stereocenters. The lowest BCUT2D eigenvalue weighted by Crippen LogP contribution is -2.37. The molecule has 0 saturated carbocycles. The van der Waals surface area contributed by atoms with Gasteiger partial charge in [-0.2, -0.15) is 4.98 Å². The highest BCUT2D eigenvalue weighted by atomic mass is 35.5. The fourth-order valence-electron chi connectivity index (χ4n) is 2.56. The van der Waals surface area contributed by atoms with Gasteiger partial charge in [0.2, 0.25) is 5.95 Å². The van der Waals surface area contributed by atoms with Crippen molar-refractivity contribution in [2.45, 2.75) is 20.0 Å². The normalized spacial score (nSPS) is 12.1. The first-order valence-electron chi connectivity index (χ1n) is 7.65. The van der Waals surface area contributed by atoms with Crippen LogP contribution < -0.4 is 16.6 Å². The molecule has 3 aromatic rings. The number of halogens is 1. The van der Waals surface area contributed by atoms with Crippen LogP contribution in [-0.4, -0.2) is 18.7 Å². The highest BCUT2D eigenvalue weighted by Gasteiger charge is 2.18. The number of fused-ring (bicyclic) bond motifs is 1. The Kier molecular flexibility index (Phi) is 4.54. The minimum Gasteiger partial charge on any atom is -0.467 e. The van der Waals surface area contributed by atoms with E-state index in [1.807, 2.05) is 6.07 Å². The molecule has 0 aliphatic heterocycles. The molecule has 1 N–H and O–H groups in total. The molecule has 3 aromatic heterocycles. The quantitative estimate of drug-likeness (QED) is 0.746. The Hall–Kier alpha value is -2.74. The van der Waals surface area contributed by atoms with Gasteiger partial charge in [-0.1, -0.05) is 17.7 Å². The van der Waals surface area contributed by atoms with E-state index in [1.165, 1.54) is 11.6 Å². The van der Waals surface area contributed by atoms with Crippen LogP contribution in [0.25, 0.3) is 11.2 Å². The average Bonchev–Trinajstić information content (AvgIpc) is 3.21. The number of hydrogen-bond acceptors (Lipinski definition) is 5. The van der Waals surface area contributed by atoms with E-state index in [-0.39, 0.29) is 0 Å². The molecule has 9 heteroatoms. The highest BCUT2D eigenvalue weighted by Crippen LogP contribution is 2.17. The molecule has 132 valence electrons. The summed E-state index contributed by atoms with van der Waals surface area (Å²) in [5.41, 5.74) is -0.183. The van der Waals surface area contributed by atoms with E-state index in [0.717, 1.165) is 10.3 Å². The maximum atomic E-state index is 12.6. The Bertz CT molecular complexity index is 1050. The van der Waals surface area contributed by atoms with Crippen molar-refractivity contribution in [1.82, 2.24) is 18.7 Å². The van der Waals surface area contributed by atoms with Crippen molar-refractivity contribution in [2.24, 2.45) is 14.1 Å². The Balaban J connectivity index is 2.17. The molecule has 0 saturated heterocycles. The number of aryl methyl sites for hydroxylation is 1. The van der Waals surface area contributed by atoms with Crippen molar-refractivity contribution in [1.29, 1.82) is 0 Å². The van der Waals surface area contributed by atoms with E-state index in [9.17, 15) is 9.59 Å². The second-order valence-electron chi connectivity index (χ2n) is 5.65. The first-order valence-corrected chi connectivity index (χ1v) is 8.02. The summed E-state index contributed by atoms with van der Waals surface area (Å²) >= 11 is 5.94. The lowest BCUT2D eigenvalue weighted by atomic mass is 10.4. The third kappa shape index (κ3) is 3.12. The van der Waals surface area contributed by atoms with Gasteiger partial charge >= 0.3 is 5.69 Å². The van der Waals surface area contributed by atoms with Gasteiger partial charge < -0.3 is 14.3 Å². The molecule has 0 aliphatic carbocycles. The molecule has 0 aliphatic rings. The van der Waals surface area contributed by atoms with Crippen LogP contribution in [0, 0.1) is 0 Å². The number of nitrogens with zero attached hydrogens (tertiary/aromatic N) is 4. The Morgan fingerprint density at radius 3 is 2.76 bits per heavy atom. The Morgan fingerprint density at radius 1 is 1.36 bits per heavy atom. The van der Waals surface area contributed by atoms with Gasteiger partial charge in [-0.05, 0) is 19.1 Å². The summed E-state index contributed by atoms with van der Waals surface area (Å²) in [4.78, 5) is 29.2. The molecule has 0 spiro atoms. The minimum atomic E-state index is -0.427. The van der Waals surface area contributed by atoms with E-state index >= 15 is 0 Å². The van der Waals surface area contributed by atoms with Gasteiger partial charge in [0.05, 0.1) is 12.8 Å². The van der Waals surface area contributed by atoms with Gasteiger partial charge in [-0.25, -0.2) is 4.79 Å². The van der Waals surface area contributed by atoms with Crippen molar-refractivity contribution in [3.05, 3.63) is 56.1 Å². The zero-order valence-electron chi connectivity index (χ0n) is 14.1. The van der Waals surface area contributed by atoms with Crippen molar-refractivity contribution >= 4 is 28.7 Å². The topological polar surface area (TPSA) is 87.0 Å². The smallest absolute Gasteiger partial charge is 0.332 e. The van der Waals surface area contributed by atoms with Gasteiger partial charge in [0.1, 0.15) is 5.76 Å². The summed E-state index contributed by atoms with van der Waals surface area (Å²) in [5, 5.41) is 3.74. The lowest BCUT2D eigenvalue weighted by molar-refractivity contribution is 0.517. The van der Waals surface area contributed by atoms with Crippen LogP contribution in [0.1, 0.15) is 12.7 Å². The molecule has 0 bridgehead atoms. The predicted molar refractivity (Wildman–Crippen MR) is 95.9 cm³/mol. The Labute approximate surface area is 148 Å². The van der Waals surface area contributed by atoms with E-state index in [2.05, 4.69) is 10.3 Å². The number of hydrogen-bond donors (Lipinski definition) is 1. The summed E-state index contributed by atoms with van der Waals surface area (Å²) in [6.07, 6.45) is 3.35. The maximum absolute atomic E-state index is 12.6. The molecular formula is C16H18ClN5O3. The molecular weight excluding hydrogens is 346 g/mol. The third-order valence-corrected chi connectivity index (χ3v) is 4.06. The van der Waals surface area contributed by atoms with Gasteiger partial charge in [-0.3, -0.25) is 13.9 Å². The molecule has 0 aromatic carbocycles. The zero-order chi connectivity index (χ0) is 18.1. The monoisotopic (exact) mass is 363 g/mol. The SMILES string of the molecule is CC(Cl)=CCn1c(NCc2ccco2)nc2c1c(=O)n(C)c(=O)n2C. The van der Waals surface area contributed by atoms with Gasteiger partial charge in [0.15, 0.2) is 11.2 Å².